The zero-order valence-electron chi connectivity index (χ0n) is 14.9. The van der Waals surface area contributed by atoms with Crippen LogP contribution in [0.25, 0.3) is 0 Å². The lowest BCUT2D eigenvalue weighted by atomic mass is 9.89. The number of hydrogen-bond acceptors (Lipinski definition) is 6. The van der Waals surface area contributed by atoms with Gasteiger partial charge in [0.25, 0.3) is 0 Å². The lowest BCUT2D eigenvalue weighted by Crippen LogP contribution is -2.39. The number of carbonyl (C=O) groups excluding carboxylic acids is 1. The molecule has 3 rings (SSSR count). The molecule has 0 bridgehead atoms. The average Bonchev–Trinajstić information content (AvgIpc) is 3.16. The average molecular weight is 353 g/mol. The molecule has 0 amide bonds. The molecule has 0 atom stereocenters. The van der Waals surface area contributed by atoms with E-state index in [1.807, 2.05) is 0 Å². The first-order valence-electron chi connectivity index (χ1n) is 8.60. The maximum absolute atomic E-state index is 12.1. The Morgan fingerprint density at radius 2 is 1.92 bits per heavy atom. The fourth-order valence-corrected chi connectivity index (χ4v) is 4.42. The minimum absolute atomic E-state index is 0.00944. The standard InChI is InChI=1S/C18H27NO4S/c1-17(2,3)14-11-13(15(24-14)16(20)21-4)19-12-5-7-18(8-6-12)22-9-10-23-18/h11-12,19H,5-10H2,1-4H3. The minimum Gasteiger partial charge on any atom is -0.465 e. The van der Waals surface area contributed by atoms with Crippen molar-refractivity contribution >= 4 is 23.0 Å². The molecule has 2 heterocycles. The van der Waals surface area contributed by atoms with Gasteiger partial charge in [-0.3, -0.25) is 0 Å². The third-order valence-corrected chi connectivity index (χ3v) is 6.30. The van der Waals surface area contributed by atoms with Gasteiger partial charge in [0.05, 0.1) is 26.0 Å². The molecule has 0 radical (unpaired) electrons. The highest BCUT2D eigenvalue weighted by molar-refractivity contribution is 7.14. The summed E-state index contributed by atoms with van der Waals surface area (Å²) in [4.78, 5) is 14.0. The van der Waals surface area contributed by atoms with Crippen molar-refractivity contribution in [2.45, 2.75) is 63.7 Å². The summed E-state index contributed by atoms with van der Waals surface area (Å²) in [6.45, 7) is 7.86. The Kier molecular flexibility index (Phi) is 4.91. The molecule has 6 heteroatoms. The van der Waals surface area contributed by atoms with Gasteiger partial charge in [-0.1, -0.05) is 20.8 Å². The van der Waals surface area contributed by atoms with Crippen LogP contribution in [0.3, 0.4) is 0 Å². The fourth-order valence-electron chi connectivity index (χ4n) is 3.32. The largest absolute Gasteiger partial charge is 0.465 e. The second-order valence-corrected chi connectivity index (χ2v) is 8.67. The third-order valence-electron chi connectivity index (χ3n) is 4.76. The van der Waals surface area contributed by atoms with E-state index in [0.29, 0.717) is 24.1 Å². The molecule has 2 fully saturated rings. The van der Waals surface area contributed by atoms with Crippen LogP contribution in [0.4, 0.5) is 5.69 Å². The normalized spacial score (nSPS) is 21.2. The number of nitrogens with one attached hydrogen (secondary N) is 1. The fraction of sp³-hybridized carbons (Fsp3) is 0.722. The van der Waals surface area contributed by atoms with E-state index in [1.165, 1.54) is 23.3 Å². The van der Waals surface area contributed by atoms with Gasteiger partial charge in [0.15, 0.2) is 5.79 Å². The topological polar surface area (TPSA) is 56.8 Å². The SMILES string of the molecule is COC(=O)c1sc(C(C)(C)C)cc1NC1CCC2(CC1)OCCO2. The van der Waals surface area contributed by atoms with Gasteiger partial charge >= 0.3 is 5.97 Å². The Bertz CT molecular complexity index is 589. The van der Waals surface area contributed by atoms with Crippen LogP contribution in [0.2, 0.25) is 0 Å². The Morgan fingerprint density at radius 1 is 1.29 bits per heavy atom. The summed E-state index contributed by atoms with van der Waals surface area (Å²) in [5.41, 5.74) is 0.904. The number of hydrogen-bond donors (Lipinski definition) is 1. The maximum Gasteiger partial charge on any atom is 0.350 e. The van der Waals surface area contributed by atoms with Gasteiger partial charge in [0.2, 0.25) is 0 Å². The molecule has 1 aromatic heterocycles. The van der Waals surface area contributed by atoms with Crippen molar-refractivity contribution in [3.05, 3.63) is 15.8 Å². The molecule has 0 unspecified atom stereocenters. The van der Waals surface area contributed by atoms with Crippen LogP contribution in [0.15, 0.2) is 6.07 Å². The molecule has 2 aliphatic rings. The van der Waals surface area contributed by atoms with E-state index in [2.05, 4.69) is 32.2 Å². The summed E-state index contributed by atoms with van der Waals surface area (Å²) in [5, 5.41) is 3.56. The zero-order chi connectivity index (χ0) is 17.4. The van der Waals surface area contributed by atoms with Crippen molar-refractivity contribution in [1.82, 2.24) is 0 Å². The van der Waals surface area contributed by atoms with E-state index in [9.17, 15) is 4.79 Å². The first-order chi connectivity index (χ1) is 11.3. The summed E-state index contributed by atoms with van der Waals surface area (Å²) >= 11 is 1.52. The summed E-state index contributed by atoms with van der Waals surface area (Å²) in [7, 11) is 1.43. The molecule has 24 heavy (non-hydrogen) atoms. The second kappa shape index (κ2) is 6.65. The molecule has 1 saturated heterocycles. The number of anilines is 1. The minimum atomic E-state index is -0.353. The molecule has 1 spiro atoms. The van der Waals surface area contributed by atoms with Crippen LogP contribution in [0, 0.1) is 0 Å². The van der Waals surface area contributed by atoms with E-state index >= 15 is 0 Å². The monoisotopic (exact) mass is 353 g/mol. The van der Waals surface area contributed by atoms with Crippen molar-refractivity contribution in [2.75, 3.05) is 25.6 Å². The second-order valence-electron chi connectivity index (χ2n) is 7.62. The Hall–Kier alpha value is -1.11. The highest BCUT2D eigenvalue weighted by Crippen LogP contribution is 2.39. The van der Waals surface area contributed by atoms with Gasteiger partial charge in [0, 0.05) is 23.8 Å². The molecule has 1 aromatic rings. The number of methoxy groups -OCH3 is 1. The zero-order valence-corrected chi connectivity index (χ0v) is 15.8. The Labute approximate surface area is 147 Å². The molecular formula is C18H27NO4S. The molecular weight excluding hydrogens is 326 g/mol. The summed E-state index contributed by atoms with van der Waals surface area (Å²) in [6, 6.07) is 2.43. The van der Waals surface area contributed by atoms with Crippen molar-refractivity contribution < 1.29 is 19.0 Å². The quantitative estimate of drug-likeness (QED) is 0.835. The van der Waals surface area contributed by atoms with Crippen molar-refractivity contribution in [1.29, 1.82) is 0 Å². The van der Waals surface area contributed by atoms with Crippen LogP contribution in [-0.2, 0) is 19.6 Å². The van der Waals surface area contributed by atoms with Crippen molar-refractivity contribution in [3.63, 3.8) is 0 Å². The van der Waals surface area contributed by atoms with E-state index in [1.54, 1.807) is 0 Å². The first-order valence-corrected chi connectivity index (χ1v) is 9.42. The van der Waals surface area contributed by atoms with Crippen LogP contribution >= 0.6 is 11.3 Å². The highest BCUT2D eigenvalue weighted by Gasteiger charge is 2.40. The van der Waals surface area contributed by atoms with Crippen LogP contribution in [-0.4, -0.2) is 38.1 Å². The van der Waals surface area contributed by atoms with E-state index in [4.69, 9.17) is 14.2 Å². The highest BCUT2D eigenvalue weighted by atomic mass is 32.1. The van der Waals surface area contributed by atoms with Crippen molar-refractivity contribution in [3.8, 4) is 0 Å². The lowest BCUT2D eigenvalue weighted by Gasteiger charge is -2.35. The van der Waals surface area contributed by atoms with Gasteiger partial charge in [-0.05, 0) is 24.3 Å². The molecule has 1 saturated carbocycles. The molecule has 1 N–H and O–H groups in total. The summed E-state index contributed by atoms with van der Waals surface area (Å²) in [5.74, 6) is -0.623. The lowest BCUT2D eigenvalue weighted by molar-refractivity contribution is -0.177. The number of thiophene rings is 1. The van der Waals surface area contributed by atoms with E-state index < -0.39 is 0 Å². The number of esters is 1. The van der Waals surface area contributed by atoms with Gasteiger partial charge < -0.3 is 19.5 Å². The summed E-state index contributed by atoms with van der Waals surface area (Å²) < 4.78 is 16.5. The first kappa shape index (κ1) is 17.7. The van der Waals surface area contributed by atoms with Crippen molar-refractivity contribution in [2.24, 2.45) is 0 Å². The van der Waals surface area contributed by atoms with Gasteiger partial charge in [-0.25, -0.2) is 4.79 Å². The number of ether oxygens (including phenoxy) is 3. The molecule has 134 valence electrons. The van der Waals surface area contributed by atoms with Gasteiger partial charge in [0.1, 0.15) is 4.88 Å². The summed E-state index contributed by atoms with van der Waals surface area (Å²) in [6.07, 6.45) is 3.74. The van der Waals surface area contributed by atoms with Crippen LogP contribution in [0.1, 0.15) is 61.0 Å². The molecule has 5 nitrogen and oxygen atoms in total. The third kappa shape index (κ3) is 3.60. The smallest absolute Gasteiger partial charge is 0.350 e. The van der Waals surface area contributed by atoms with Crippen LogP contribution < -0.4 is 5.32 Å². The molecule has 1 aliphatic carbocycles. The predicted molar refractivity (Wildman–Crippen MR) is 94.9 cm³/mol. The number of rotatable bonds is 3. The maximum atomic E-state index is 12.1. The Morgan fingerprint density at radius 3 is 2.46 bits per heavy atom. The van der Waals surface area contributed by atoms with E-state index in [0.717, 1.165) is 31.4 Å². The van der Waals surface area contributed by atoms with Crippen LogP contribution in [0.5, 0.6) is 0 Å². The van der Waals surface area contributed by atoms with Gasteiger partial charge in [-0.2, -0.15) is 0 Å². The Balaban J connectivity index is 1.72. The molecule has 0 aromatic carbocycles. The predicted octanol–water partition coefficient (Wildman–Crippen LogP) is 3.93. The number of carbonyl (C=O) groups is 1. The van der Waals surface area contributed by atoms with Gasteiger partial charge in [-0.15, -0.1) is 11.3 Å². The molecule has 1 aliphatic heterocycles. The van der Waals surface area contributed by atoms with E-state index in [-0.39, 0.29) is 17.2 Å².